The van der Waals surface area contributed by atoms with Crippen LogP contribution < -0.4 is 11.1 Å². The zero-order chi connectivity index (χ0) is 13.8. The van der Waals surface area contributed by atoms with Crippen LogP contribution in [0.2, 0.25) is 0 Å². The minimum atomic E-state index is -3.34. The molecule has 0 radical (unpaired) electrons. The molecule has 4 N–H and O–H groups in total. The number of amides is 1. The molecule has 0 fully saturated rings. The van der Waals surface area contributed by atoms with Crippen LogP contribution in [0.15, 0.2) is 0 Å². The lowest BCUT2D eigenvalue weighted by Gasteiger charge is -2.24. The lowest BCUT2D eigenvalue weighted by atomic mass is 10.1. The number of carbonyl (C=O) groups is 1. The van der Waals surface area contributed by atoms with Gasteiger partial charge in [-0.05, 0) is 13.8 Å². The fourth-order valence-electron chi connectivity index (χ4n) is 1.01. The Morgan fingerprint density at radius 1 is 1.47 bits per heavy atom. The molecule has 1 unspecified atom stereocenters. The van der Waals surface area contributed by atoms with Crippen LogP contribution in [0, 0.1) is 0 Å². The SMILES string of the molecule is CC(N)C(=O)N[C@@H](C)[C@H](O)CN(C)S(C)(=O)=O. The van der Waals surface area contributed by atoms with Crippen molar-refractivity contribution in [2.24, 2.45) is 5.73 Å². The highest BCUT2D eigenvalue weighted by Gasteiger charge is 2.22. The molecule has 0 bridgehead atoms. The highest BCUT2D eigenvalue weighted by atomic mass is 32.2. The summed E-state index contributed by atoms with van der Waals surface area (Å²) in [5, 5.41) is 12.2. The molecule has 0 saturated carbocycles. The van der Waals surface area contributed by atoms with Crippen molar-refractivity contribution in [3.8, 4) is 0 Å². The van der Waals surface area contributed by atoms with E-state index in [1.54, 1.807) is 6.92 Å². The van der Waals surface area contributed by atoms with E-state index >= 15 is 0 Å². The third kappa shape index (κ3) is 5.97. The van der Waals surface area contributed by atoms with Crippen molar-refractivity contribution in [1.82, 2.24) is 9.62 Å². The van der Waals surface area contributed by atoms with Gasteiger partial charge in [0.15, 0.2) is 0 Å². The van der Waals surface area contributed by atoms with Crippen LogP contribution in [0.4, 0.5) is 0 Å². The molecule has 0 spiro atoms. The number of hydrogen-bond acceptors (Lipinski definition) is 5. The molecule has 1 amide bonds. The van der Waals surface area contributed by atoms with Gasteiger partial charge in [-0.25, -0.2) is 12.7 Å². The fourth-order valence-corrected chi connectivity index (χ4v) is 1.43. The Labute approximate surface area is 102 Å². The van der Waals surface area contributed by atoms with E-state index in [1.807, 2.05) is 0 Å². The normalized spacial score (nSPS) is 17.6. The van der Waals surface area contributed by atoms with Gasteiger partial charge < -0.3 is 16.2 Å². The van der Waals surface area contributed by atoms with Crippen LogP contribution in [0.25, 0.3) is 0 Å². The molecular weight excluding hydrogens is 246 g/mol. The Morgan fingerprint density at radius 3 is 2.29 bits per heavy atom. The lowest BCUT2D eigenvalue weighted by molar-refractivity contribution is -0.123. The predicted octanol–water partition coefficient (Wildman–Crippen LogP) is -1.91. The molecule has 0 saturated heterocycles. The zero-order valence-electron chi connectivity index (χ0n) is 10.5. The van der Waals surface area contributed by atoms with Gasteiger partial charge in [0.1, 0.15) is 0 Å². The number of rotatable bonds is 6. The van der Waals surface area contributed by atoms with Gasteiger partial charge in [-0.3, -0.25) is 4.79 Å². The second kappa shape index (κ2) is 6.29. The van der Waals surface area contributed by atoms with Crippen LogP contribution in [0.3, 0.4) is 0 Å². The molecular formula is C9H21N3O4S. The lowest BCUT2D eigenvalue weighted by Crippen LogP contribution is -2.50. The van der Waals surface area contributed by atoms with Crippen molar-refractivity contribution in [3.63, 3.8) is 0 Å². The fraction of sp³-hybridized carbons (Fsp3) is 0.889. The van der Waals surface area contributed by atoms with Crippen LogP contribution >= 0.6 is 0 Å². The first kappa shape index (κ1) is 16.3. The van der Waals surface area contributed by atoms with Gasteiger partial charge in [-0.15, -0.1) is 0 Å². The number of nitrogens with two attached hydrogens (primary N) is 1. The van der Waals surface area contributed by atoms with Crippen molar-refractivity contribution < 1.29 is 18.3 Å². The number of aliphatic hydroxyl groups is 1. The highest BCUT2D eigenvalue weighted by molar-refractivity contribution is 7.88. The van der Waals surface area contributed by atoms with E-state index < -0.39 is 34.1 Å². The summed E-state index contributed by atoms with van der Waals surface area (Å²) in [4.78, 5) is 11.3. The van der Waals surface area contributed by atoms with Crippen molar-refractivity contribution in [1.29, 1.82) is 0 Å². The Morgan fingerprint density at radius 2 is 1.94 bits per heavy atom. The maximum absolute atomic E-state index is 11.3. The summed E-state index contributed by atoms with van der Waals surface area (Å²) in [5.41, 5.74) is 5.35. The summed E-state index contributed by atoms with van der Waals surface area (Å²) in [7, 11) is -1.98. The van der Waals surface area contributed by atoms with Gasteiger partial charge in [0.05, 0.1) is 24.4 Å². The van der Waals surface area contributed by atoms with Crippen molar-refractivity contribution in [2.75, 3.05) is 19.8 Å². The molecule has 0 aromatic carbocycles. The zero-order valence-corrected chi connectivity index (χ0v) is 11.4. The van der Waals surface area contributed by atoms with Crippen LogP contribution in [0.1, 0.15) is 13.8 Å². The largest absolute Gasteiger partial charge is 0.390 e. The number of nitrogens with one attached hydrogen (secondary N) is 1. The van der Waals surface area contributed by atoms with Gasteiger partial charge in [0, 0.05) is 13.6 Å². The van der Waals surface area contributed by atoms with Gasteiger partial charge in [0.25, 0.3) is 0 Å². The predicted molar refractivity (Wildman–Crippen MR) is 64.7 cm³/mol. The van der Waals surface area contributed by atoms with Gasteiger partial charge >= 0.3 is 0 Å². The van der Waals surface area contributed by atoms with E-state index in [2.05, 4.69) is 5.32 Å². The maximum Gasteiger partial charge on any atom is 0.236 e. The molecule has 0 aliphatic carbocycles. The van der Waals surface area contributed by atoms with E-state index in [0.717, 1.165) is 10.6 Å². The van der Waals surface area contributed by atoms with E-state index in [0.29, 0.717) is 0 Å². The summed E-state index contributed by atoms with van der Waals surface area (Å²) < 4.78 is 23.3. The molecule has 17 heavy (non-hydrogen) atoms. The molecule has 7 nitrogen and oxygen atoms in total. The first-order valence-electron chi connectivity index (χ1n) is 5.21. The van der Waals surface area contributed by atoms with Crippen LogP contribution in [0.5, 0.6) is 0 Å². The standard InChI is InChI=1S/C9H21N3O4S/c1-6(10)9(14)11-7(2)8(13)5-12(3)17(4,15)16/h6-8,13H,5,10H2,1-4H3,(H,11,14)/t6?,7-,8+/m0/s1. The number of carbonyl (C=O) groups excluding carboxylic acids is 1. The van der Waals surface area contributed by atoms with E-state index in [-0.39, 0.29) is 6.54 Å². The van der Waals surface area contributed by atoms with Crippen molar-refractivity contribution in [2.45, 2.75) is 32.0 Å². The summed E-state index contributed by atoms with van der Waals surface area (Å²) in [5.74, 6) is -0.390. The van der Waals surface area contributed by atoms with Crippen LogP contribution in [-0.2, 0) is 14.8 Å². The second-order valence-electron chi connectivity index (χ2n) is 4.20. The molecule has 0 aliphatic rings. The van der Waals surface area contributed by atoms with Gasteiger partial charge in [-0.1, -0.05) is 0 Å². The third-order valence-electron chi connectivity index (χ3n) is 2.37. The first-order chi connectivity index (χ1) is 7.55. The average Bonchev–Trinajstić information content (AvgIpc) is 2.15. The van der Waals surface area contributed by atoms with Crippen molar-refractivity contribution >= 4 is 15.9 Å². The number of hydrogen-bond donors (Lipinski definition) is 3. The molecule has 0 heterocycles. The molecule has 102 valence electrons. The van der Waals surface area contributed by atoms with Gasteiger partial charge in [-0.2, -0.15) is 0 Å². The molecule has 0 aliphatic heterocycles. The summed E-state index contributed by atoms with van der Waals surface area (Å²) in [6.07, 6.45) is 0.0581. The number of aliphatic hydroxyl groups excluding tert-OH is 1. The van der Waals surface area contributed by atoms with Crippen molar-refractivity contribution in [3.05, 3.63) is 0 Å². The summed E-state index contributed by atoms with van der Waals surface area (Å²) in [6.45, 7) is 3.03. The van der Waals surface area contributed by atoms with Gasteiger partial charge in [0.2, 0.25) is 15.9 Å². The topological polar surface area (TPSA) is 113 Å². The molecule has 8 heteroatoms. The average molecular weight is 267 g/mol. The molecule has 0 aromatic heterocycles. The minimum absolute atomic E-state index is 0.0841. The van der Waals surface area contributed by atoms with Crippen LogP contribution in [-0.4, -0.2) is 61.8 Å². The maximum atomic E-state index is 11.3. The summed E-state index contributed by atoms with van der Waals surface area (Å²) >= 11 is 0. The van der Waals surface area contributed by atoms with E-state index in [4.69, 9.17) is 5.73 Å². The Hall–Kier alpha value is -0.700. The minimum Gasteiger partial charge on any atom is -0.390 e. The second-order valence-corrected chi connectivity index (χ2v) is 6.29. The third-order valence-corrected chi connectivity index (χ3v) is 3.65. The summed E-state index contributed by atoms with van der Waals surface area (Å²) in [6, 6.07) is -1.24. The Kier molecular flexibility index (Phi) is 6.03. The quantitative estimate of drug-likeness (QED) is 0.520. The Bertz CT molecular complexity index is 355. The smallest absolute Gasteiger partial charge is 0.236 e. The number of nitrogens with zero attached hydrogens (tertiary/aromatic N) is 1. The number of sulfonamides is 1. The molecule has 3 atom stereocenters. The molecule has 0 aromatic rings. The molecule has 0 rings (SSSR count). The first-order valence-corrected chi connectivity index (χ1v) is 7.06. The Balaban J connectivity index is 4.33. The van der Waals surface area contributed by atoms with E-state index in [1.165, 1.54) is 14.0 Å². The monoisotopic (exact) mass is 267 g/mol. The number of likely N-dealkylation sites (N-methyl/N-ethyl adjacent to an activating group) is 1. The highest BCUT2D eigenvalue weighted by Crippen LogP contribution is 2.00. The van der Waals surface area contributed by atoms with E-state index in [9.17, 15) is 18.3 Å².